The van der Waals surface area contributed by atoms with Gasteiger partial charge in [-0.25, -0.2) is 5.84 Å². The second-order valence-electron chi connectivity index (χ2n) is 3.03. The van der Waals surface area contributed by atoms with Crippen LogP contribution < -0.4 is 11.3 Å². The fraction of sp³-hybridized carbons (Fsp3) is 0. The van der Waals surface area contributed by atoms with E-state index in [2.05, 4.69) is 10.2 Å². The third-order valence-corrected chi connectivity index (χ3v) is 2.10. The first-order chi connectivity index (χ1) is 7.63. The number of nitrogens with one attached hydrogen (secondary N) is 2. The Bertz CT molecular complexity index is 576. The number of nitrogens with zero attached hydrogens (tertiary/aromatic N) is 2. The number of hydrogen-bond acceptors (Lipinski definition) is 5. The molecule has 0 spiro atoms. The normalized spacial score (nSPS) is 10.3. The highest BCUT2D eigenvalue weighted by atomic mass is 16.6. The van der Waals surface area contributed by atoms with E-state index in [9.17, 15) is 14.9 Å². The van der Waals surface area contributed by atoms with Crippen LogP contribution in [0.25, 0.3) is 10.9 Å². The van der Waals surface area contributed by atoms with E-state index in [1.807, 2.05) is 5.43 Å². The first-order valence-electron chi connectivity index (χ1n) is 4.27. The molecule has 2 aromatic rings. The number of H-pyrrole nitrogens is 1. The standard InChI is InChI=1S/C8H7N5O3/c9-10-8(14)7-5-3-4(13(15)16)1-2-6(5)11-12-7/h1-3H,9H2,(H,10,14)(H,11,12). The minimum atomic E-state index is -0.605. The van der Waals surface area contributed by atoms with Crippen molar-refractivity contribution in [2.45, 2.75) is 0 Å². The SMILES string of the molecule is NNC(=O)c1n[nH]c2ccc([N+](=O)[O-])cc12. The second-order valence-corrected chi connectivity index (χ2v) is 3.03. The predicted molar refractivity (Wildman–Crippen MR) is 54.4 cm³/mol. The van der Waals surface area contributed by atoms with Gasteiger partial charge in [0.25, 0.3) is 11.6 Å². The number of hydrazine groups is 1. The molecule has 1 aromatic heterocycles. The maximum Gasteiger partial charge on any atom is 0.286 e. The molecule has 0 aliphatic rings. The Balaban J connectivity index is 2.64. The smallest absolute Gasteiger partial charge is 0.286 e. The molecular weight excluding hydrogens is 214 g/mol. The molecule has 0 saturated heterocycles. The minimum Gasteiger partial charge on any atom is -0.289 e. The molecule has 0 aliphatic carbocycles. The molecule has 16 heavy (non-hydrogen) atoms. The second kappa shape index (κ2) is 3.59. The number of rotatable bonds is 2. The van der Waals surface area contributed by atoms with Crippen LogP contribution in [-0.2, 0) is 0 Å². The van der Waals surface area contributed by atoms with Gasteiger partial charge >= 0.3 is 0 Å². The third kappa shape index (κ3) is 1.46. The Morgan fingerprint density at radius 1 is 1.56 bits per heavy atom. The number of aromatic nitrogens is 2. The fourth-order valence-corrected chi connectivity index (χ4v) is 1.36. The Morgan fingerprint density at radius 3 is 2.94 bits per heavy atom. The summed E-state index contributed by atoms with van der Waals surface area (Å²) in [7, 11) is 0. The summed E-state index contributed by atoms with van der Waals surface area (Å²) in [5.74, 6) is 4.36. The summed E-state index contributed by atoms with van der Waals surface area (Å²) in [5.41, 5.74) is 2.37. The van der Waals surface area contributed by atoms with Crippen molar-refractivity contribution in [1.29, 1.82) is 0 Å². The maximum absolute atomic E-state index is 11.3. The Morgan fingerprint density at radius 2 is 2.31 bits per heavy atom. The van der Waals surface area contributed by atoms with Gasteiger partial charge in [0, 0.05) is 17.5 Å². The van der Waals surface area contributed by atoms with Gasteiger partial charge in [-0.1, -0.05) is 0 Å². The van der Waals surface area contributed by atoms with Crippen LogP contribution in [0.5, 0.6) is 0 Å². The number of nitro groups is 1. The van der Waals surface area contributed by atoms with Crippen molar-refractivity contribution < 1.29 is 9.72 Å². The van der Waals surface area contributed by atoms with E-state index < -0.39 is 10.8 Å². The summed E-state index contributed by atoms with van der Waals surface area (Å²) in [6.07, 6.45) is 0. The number of aromatic amines is 1. The van der Waals surface area contributed by atoms with E-state index in [0.717, 1.165) is 0 Å². The lowest BCUT2D eigenvalue weighted by atomic mass is 10.2. The quantitative estimate of drug-likeness (QED) is 0.286. The average Bonchev–Trinajstić information content (AvgIpc) is 2.70. The van der Waals surface area contributed by atoms with Crippen LogP contribution in [0, 0.1) is 10.1 Å². The zero-order chi connectivity index (χ0) is 11.7. The van der Waals surface area contributed by atoms with Crippen LogP contribution in [0.15, 0.2) is 18.2 Å². The molecule has 1 heterocycles. The van der Waals surface area contributed by atoms with Crippen molar-refractivity contribution in [3.63, 3.8) is 0 Å². The monoisotopic (exact) mass is 221 g/mol. The zero-order valence-electron chi connectivity index (χ0n) is 7.93. The van der Waals surface area contributed by atoms with Crippen LogP contribution in [0.3, 0.4) is 0 Å². The number of hydrogen-bond donors (Lipinski definition) is 3. The predicted octanol–water partition coefficient (Wildman–Crippen LogP) is 0.0746. The molecule has 0 unspecified atom stereocenters. The van der Waals surface area contributed by atoms with Gasteiger partial charge < -0.3 is 0 Å². The molecule has 8 nitrogen and oxygen atoms in total. The van der Waals surface area contributed by atoms with E-state index in [1.54, 1.807) is 0 Å². The fourth-order valence-electron chi connectivity index (χ4n) is 1.36. The zero-order valence-corrected chi connectivity index (χ0v) is 7.93. The first kappa shape index (κ1) is 10.1. The molecule has 0 atom stereocenters. The molecule has 0 radical (unpaired) electrons. The van der Waals surface area contributed by atoms with Crippen LogP contribution >= 0.6 is 0 Å². The molecule has 4 N–H and O–H groups in total. The minimum absolute atomic E-state index is 0.0289. The number of carbonyl (C=O) groups is 1. The van der Waals surface area contributed by atoms with E-state index in [-0.39, 0.29) is 11.4 Å². The molecule has 8 heteroatoms. The van der Waals surface area contributed by atoms with Crippen LogP contribution in [0.2, 0.25) is 0 Å². The van der Waals surface area contributed by atoms with Crippen molar-refractivity contribution in [2.75, 3.05) is 0 Å². The van der Waals surface area contributed by atoms with Gasteiger partial charge in [-0.3, -0.25) is 25.4 Å². The Kier molecular flexibility index (Phi) is 2.25. The lowest BCUT2D eigenvalue weighted by molar-refractivity contribution is -0.384. The van der Waals surface area contributed by atoms with Gasteiger partial charge in [0.1, 0.15) is 0 Å². The van der Waals surface area contributed by atoms with Gasteiger partial charge in [0.05, 0.1) is 10.4 Å². The highest BCUT2D eigenvalue weighted by Gasteiger charge is 2.16. The number of nitro benzene ring substituents is 1. The van der Waals surface area contributed by atoms with Crippen molar-refractivity contribution in [3.8, 4) is 0 Å². The van der Waals surface area contributed by atoms with Gasteiger partial charge in [0.15, 0.2) is 5.69 Å². The van der Waals surface area contributed by atoms with Crippen molar-refractivity contribution in [2.24, 2.45) is 5.84 Å². The van der Waals surface area contributed by atoms with Gasteiger partial charge in [0.2, 0.25) is 0 Å². The maximum atomic E-state index is 11.3. The van der Waals surface area contributed by atoms with Gasteiger partial charge in [-0.15, -0.1) is 0 Å². The Hall–Kier alpha value is -2.48. The summed E-state index contributed by atoms with van der Waals surface area (Å²) in [4.78, 5) is 21.3. The lowest BCUT2D eigenvalue weighted by Crippen LogP contribution is -2.30. The molecule has 2 rings (SSSR count). The molecule has 0 bridgehead atoms. The molecule has 1 amide bonds. The number of fused-ring (bicyclic) bond motifs is 1. The number of benzene rings is 1. The van der Waals surface area contributed by atoms with Crippen LogP contribution in [-0.4, -0.2) is 21.0 Å². The summed E-state index contributed by atoms with van der Waals surface area (Å²) < 4.78 is 0. The third-order valence-electron chi connectivity index (χ3n) is 2.10. The largest absolute Gasteiger partial charge is 0.289 e. The number of non-ortho nitro benzene ring substituents is 1. The highest BCUT2D eigenvalue weighted by molar-refractivity contribution is 6.04. The topological polar surface area (TPSA) is 127 Å². The lowest BCUT2D eigenvalue weighted by Gasteiger charge is -1.95. The molecule has 1 aromatic carbocycles. The van der Waals surface area contributed by atoms with Gasteiger partial charge in [-0.05, 0) is 6.07 Å². The van der Waals surface area contributed by atoms with Crippen molar-refractivity contribution >= 4 is 22.5 Å². The average molecular weight is 221 g/mol. The van der Waals surface area contributed by atoms with Crippen LogP contribution in [0.4, 0.5) is 5.69 Å². The number of nitrogen functional groups attached to an aromatic ring is 1. The highest BCUT2D eigenvalue weighted by Crippen LogP contribution is 2.21. The molecule has 0 saturated carbocycles. The molecular formula is C8H7N5O3. The molecule has 0 fully saturated rings. The molecule has 0 aliphatic heterocycles. The first-order valence-corrected chi connectivity index (χ1v) is 4.27. The number of amides is 1. The van der Waals surface area contributed by atoms with Crippen LogP contribution in [0.1, 0.15) is 10.5 Å². The summed E-state index contributed by atoms with van der Waals surface area (Å²) in [5, 5.41) is 17.2. The summed E-state index contributed by atoms with van der Waals surface area (Å²) >= 11 is 0. The van der Waals surface area contributed by atoms with Crippen molar-refractivity contribution in [1.82, 2.24) is 15.6 Å². The van der Waals surface area contributed by atoms with E-state index >= 15 is 0 Å². The van der Waals surface area contributed by atoms with Gasteiger partial charge in [-0.2, -0.15) is 5.10 Å². The molecule has 82 valence electrons. The number of carbonyl (C=O) groups excluding carboxylic acids is 1. The summed E-state index contributed by atoms with van der Waals surface area (Å²) in [6.45, 7) is 0. The number of nitrogens with two attached hydrogens (primary N) is 1. The van der Waals surface area contributed by atoms with E-state index in [0.29, 0.717) is 10.9 Å². The Labute approximate surface area is 88.5 Å². The van der Waals surface area contributed by atoms with Crippen molar-refractivity contribution in [3.05, 3.63) is 34.0 Å². The van der Waals surface area contributed by atoms with E-state index in [4.69, 9.17) is 5.84 Å². The summed E-state index contributed by atoms with van der Waals surface area (Å²) in [6, 6.07) is 4.07. The van der Waals surface area contributed by atoms with E-state index in [1.165, 1.54) is 18.2 Å².